The number of hydrogen-bond acceptors (Lipinski definition) is 2. The fourth-order valence-electron chi connectivity index (χ4n) is 0.927. The van der Waals surface area contributed by atoms with Crippen LogP contribution in [0.2, 0.25) is 0 Å². The smallest absolute Gasteiger partial charge is 0.245 e. The second-order valence-corrected chi connectivity index (χ2v) is 3.76. The predicted molar refractivity (Wildman–Crippen MR) is 54.2 cm³/mol. The van der Waals surface area contributed by atoms with Crippen molar-refractivity contribution in [3.05, 3.63) is 27.5 Å². The number of hydrogen-bond donors (Lipinski definition) is 0. The Kier molecular flexibility index (Phi) is 3.96. The maximum absolute atomic E-state index is 12.6. The summed E-state index contributed by atoms with van der Waals surface area (Å²) in [6.07, 6.45) is -1.31. The molecule has 1 rings (SSSR count). The van der Waals surface area contributed by atoms with Crippen molar-refractivity contribution in [2.75, 3.05) is 0 Å². The highest BCUT2D eigenvalue weighted by molar-refractivity contribution is 9.10. The van der Waals surface area contributed by atoms with Gasteiger partial charge in [0.2, 0.25) is 0 Å². The molecule has 1 aromatic rings. The first-order chi connectivity index (χ1) is 6.61. The average Bonchev–Trinajstić information content (AvgIpc) is 2.16. The molecular weight excluding hydrogens is 322 g/mol. The molecule has 0 radical (unpaired) electrons. The van der Waals surface area contributed by atoms with Crippen LogP contribution in [0.1, 0.15) is 23.2 Å². The van der Waals surface area contributed by atoms with Crippen LogP contribution in [0.5, 0.6) is 0 Å². The number of halogens is 4. The molecule has 14 heavy (non-hydrogen) atoms. The zero-order valence-corrected chi connectivity index (χ0v) is 9.94. The summed E-state index contributed by atoms with van der Waals surface area (Å²) < 4.78 is 25.4. The van der Waals surface area contributed by atoms with Gasteiger partial charge in [-0.3, -0.25) is 0 Å². The molecule has 0 saturated heterocycles. The predicted octanol–water partition coefficient (Wildman–Crippen LogP) is 3.55. The Morgan fingerprint density at radius 1 is 1.57 bits per heavy atom. The Hall–Kier alpha value is -0.540. The average molecular weight is 326 g/mol. The van der Waals surface area contributed by atoms with Gasteiger partial charge >= 0.3 is 0 Å². The van der Waals surface area contributed by atoms with E-state index in [2.05, 4.69) is 36.8 Å². The first-order valence-electron chi connectivity index (χ1n) is 3.53. The molecule has 0 atom stereocenters. The summed E-state index contributed by atoms with van der Waals surface area (Å²) in [6.45, 7) is 0. The van der Waals surface area contributed by atoms with E-state index in [-0.39, 0.29) is 15.7 Å². The third kappa shape index (κ3) is 2.10. The van der Waals surface area contributed by atoms with E-state index in [4.69, 9.17) is 5.26 Å². The zero-order chi connectivity index (χ0) is 10.7. The summed E-state index contributed by atoms with van der Waals surface area (Å²) in [5.74, 6) is 0. The molecule has 0 spiro atoms. The van der Waals surface area contributed by atoms with Crippen molar-refractivity contribution in [2.24, 2.45) is 0 Å². The van der Waals surface area contributed by atoms with Crippen molar-refractivity contribution in [1.29, 1.82) is 5.26 Å². The van der Waals surface area contributed by atoms with Crippen LogP contribution in [0.3, 0.4) is 0 Å². The minimum absolute atomic E-state index is 0.239. The Morgan fingerprint density at radius 3 is 2.64 bits per heavy atom. The first-order valence-corrected chi connectivity index (χ1v) is 5.44. The van der Waals surface area contributed by atoms with Gasteiger partial charge in [0.25, 0.3) is 6.43 Å². The topological polar surface area (TPSA) is 36.7 Å². The number of rotatable bonds is 2. The van der Waals surface area contributed by atoms with Crippen molar-refractivity contribution in [2.45, 2.75) is 11.8 Å². The van der Waals surface area contributed by atoms with E-state index < -0.39 is 6.43 Å². The largest absolute Gasteiger partial charge is 0.267 e. The van der Waals surface area contributed by atoms with E-state index in [1.54, 1.807) is 6.07 Å². The standard InChI is InChI=1S/C8H4Br2F2N2/c9-1-4-3-14-5(2-13)6(7(4)10)8(11)12/h3,8H,1H2. The third-order valence-electron chi connectivity index (χ3n) is 1.59. The second kappa shape index (κ2) is 4.80. The van der Waals surface area contributed by atoms with Crippen molar-refractivity contribution >= 4 is 31.9 Å². The third-order valence-corrected chi connectivity index (χ3v) is 3.13. The number of pyridine rings is 1. The molecular formula is C8H4Br2F2N2. The van der Waals surface area contributed by atoms with Crippen LogP contribution in [0.25, 0.3) is 0 Å². The van der Waals surface area contributed by atoms with Crippen LogP contribution < -0.4 is 0 Å². The summed E-state index contributed by atoms with van der Waals surface area (Å²) in [5, 5.41) is 8.99. The summed E-state index contributed by atoms with van der Waals surface area (Å²) in [6, 6.07) is 1.63. The van der Waals surface area contributed by atoms with Gasteiger partial charge in [0.15, 0.2) is 0 Å². The molecule has 1 heterocycles. The molecule has 1 aromatic heterocycles. The molecule has 0 saturated carbocycles. The molecule has 2 nitrogen and oxygen atoms in total. The maximum atomic E-state index is 12.6. The van der Waals surface area contributed by atoms with Crippen molar-refractivity contribution in [1.82, 2.24) is 4.98 Å². The van der Waals surface area contributed by atoms with Crippen LogP contribution in [0, 0.1) is 11.3 Å². The lowest BCUT2D eigenvalue weighted by atomic mass is 10.1. The Labute approximate surface area is 96.2 Å². The van der Waals surface area contributed by atoms with E-state index >= 15 is 0 Å². The Bertz CT molecular complexity index is 388. The van der Waals surface area contributed by atoms with Gasteiger partial charge in [0.05, 0.1) is 5.56 Å². The van der Waals surface area contributed by atoms with E-state index in [1.165, 1.54) is 6.20 Å². The minimum atomic E-state index is -2.70. The highest BCUT2D eigenvalue weighted by Crippen LogP contribution is 2.32. The zero-order valence-electron chi connectivity index (χ0n) is 6.77. The van der Waals surface area contributed by atoms with Crippen molar-refractivity contribution < 1.29 is 8.78 Å². The van der Waals surface area contributed by atoms with Gasteiger partial charge < -0.3 is 0 Å². The normalized spacial score (nSPS) is 10.3. The lowest BCUT2D eigenvalue weighted by Crippen LogP contribution is -1.99. The van der Waals surface area contributed by atoms with Crippen LogP contribution in [-0.4, -0.2) is 4.98 Å². The van der Waals surface area contributed by atoms with E-state index in [1.807, 2.05) is 0 Å². The van der Waals surface area contributed by atoms with Gasteiger partial charge in [-0.25, -0.2) is 13.8 Å². The lowest BCUT2D eigenvalue weighted by molar-refractivity contribution is 0.149. The van der Waals surface area contributed by atoms with Gasteiger partial charge in [-0.1, -0.05) is 15.9 Å². The minimum Gasteiger partial charge on any atom is -0.245 e. The van der Waals surface area contributed by atoms with Crippen LogP contribution >= 0.6 is 31.9 Å². The molecule has 0 N–H and O–H groups in total. The molecule has 0 fully saturated rings. The highest BCUT2D eigenvalue weighted by atomic mass is 79.9. The Balaban J connectivity index is 3.41. The second-order valence-electron chi connectivity index (χ2n) is 2.41. The van der Waals surface area contributed by atoms with Gasteiger partial charge in [0.1, 0.15) is 11.8 Å². The van der Waals surface area contributed by atoms with Crippen LogP contribution in [0.4, 0.5) is 8.78 Å². The molecule has 6 heteroatoms. The lowest BCUT2D eigenvalue weighted by Gasteiger charge is -2.07. The van der Waals surface area contributed by atoms with E-state index in [9.17, 15) is 8.78 Å². The summed E-state index contributed by atoms with van der Waals surface area (Å²) in [7, 11) is 0. The quantitative estimate of drug-likeness (QED) is 0.780. The maximum Gasteiger partial charge on any atom is 0.267 e. The van der Waals surface area contributed by atoms with Crippen LogP contribution in [0.15, 0.2) is 10.7 Å². The summed E-state index contributed by atoms with van der Waals surface area (Å²) >= 11 is 6.17. The van der Waals surface area contributed by atoms with Gasteiger partial charge in [-0.2, -0.15) is 5.26 Å². The van der Waals surface area contributed by atoms with Gasteiger partial charge in [-0.15, -0.1) is 0 Å². The molecule has 0 amide bonds. The molecule has 0 aliphatic heterocycles. The fraction of sp³-hybridized carbons (Fsp3) is 0.250. The fourth-order valence-corrected chi connectivity index (χ4v) is 2.33. The number of aromatic nitrogens is 1. The number of alkyl halides is 3. The van der Waals surface area contributed by atoms with E-state index in [0.717, 1.165) is 0 Å². The summed E-state index contributed by atoms with van der Waals surface area (Å²) in [4.78, 5) is 3.65. The number of nitriles is 1. The first kappa shape index (κ1) is 11.5. The Morgan fingerprint density at radius 2 is 2.21 bits per heavy atom. The highest BCUT2D eigenvalue weighted by Gasteiger charge is 2.20. The van der Waals surface area contributed by atoms with Crippen molar-refractivity contribution in [3.63, 3.8) is 0 Å². The van der Waals surface area contributed by atoms with Crippen molar-refractivity contribution in [3.8, 4) is 6.07 Å². The SMILES string of the molecule is N#Cc1ncc(CBr)c(Br)c1C(F)F. The molecule has 0 bridgehead atoms. The van der Waals surface area contributed by atoms with Gasteiger partial charge in [0, 0.05) is 16.0 Å². The van der Waals surface area contributed by atoms with Gasteiger partial charge in [-0.05, 0) is 21.5 Å². The van der Waals surface area contributed by atoms with E-state index in [0.29, 0.717) is 10.9 Å². The molecule has 0 aliphatic rings. The van der Waals surface area contributed by atoms with Crippen LogP contribution in [-0.2, 0) is 5.33 Å². The molecule has 0 aliphatic carbocycles. The number of nitrogens with zero attached hydrogens (tertiary/aromatic N) is 2. The monoisotopic (exact) mass is 324 g/mol. The molecule has 74 valence electrons. The molecule has 0 unspecified atom stereocenters. The molecule has 0 aromatic carbocycles. The summed E-state index contributed by atoms with van der Waals surface area (Å²) in [5.41, 5.74) is 0.0142.